The number of carboxylic acids is 1. The Morgan fingerprint density at radius 2 is 1.87 bits per heavy atom. The number of alkyl carbamates (subject to hydrolysis) is 1. The Bertz CT molecular complexity index is 769. The van der Waals surface area contributed by atoms with E-state index in [1.807, 2.05) is 42.5 Å². The van der Waals surface area contributed by atoms with Crippen molar-refractivity contribution in [3.63, 3.8) is 0 Å². The summed E-state index contributed by atoms with van der Waals surface area (Å²) in [6.07, 6.45) is -0.496. The van der Waals surface area contributed by atoms with Crippen LogP contribution in [0.2, 0.25) is 0 Å². The van der Waals surface area contributed by atoms with Crippen molar-refractivity contribution in [3.05, 3.63) is 59.2 Å². The van der Waals surface area contributed by atoms with Crippen LogP contribution in [0.5, 0.6) is 0 Å². The van der Waals surface area contributed by atoms with Crippen LogP contribution in [0.4, 0.5) is 4.79 Å². The van der Waals surface area contributed by atoms with E-state index in [9.17, 15) is 9.59 Å². The monoisotopic (exact) mass is 311 g/mol. The molecule has 1 unspecified atom stereocenters. The average molecular weight is 311 g/mol. The number of carbonyl (C=O) groups is 2. The number of rotatable bonds is 4. The van der Waals surface area contributed by atoms with E-state index in [0.29, 0.717) is 0 Å². The number of hydrogen-bond acceptors (Lipinski definition) is 3. The number of aliphatic carboxylic acids is 1. The Hall–Kier alpha value is -2.82. The van der Waals surface area contributed by atoms with Crippen molar-refractivity contribution in [2.75, 3.05) is 13.7 Å². The Labute approximate surface area is 133 Å². The van der Waals surface area contributed by atoms with Crippen LogP contribution < -0.4 is 5.32 Å². The summed E-state index contributed by atoms with van der Waals surface area (Å²) >= 11 is 0. The largest absolute Gasteiger partial charge is 0.481 e. The molecule has 1 atom stereocenters. The van der Waals surface area contributed by atoms with E-state index in [1.54, 1.807) is 0 Å². The normalized spacial score (nSPS) is 14.7. The summed E-state index contributed by atoms with van der Waals surface area (Å²) in [5, 5.41) is 11.4. The summed E-state index contributed by atoms with van der Waals surface area (Å²) in [5.74, 6) is -0.939. The van der Waals surface area contributed by atoms with E-state index in [2.05, 4.69) is 5.32 Å². The summed E-state index contributed by atoms with van der Waals surface area (Å²) in [6, 6.07) is 13.7. The van der Waals surface area contributed by atoms with Crippen molar-refractivity contribution in [3.8, 4) is 11.1 Å². The second-order valence-corrected chi connectivity index (χ2v) is 5.48. The molecular formula is C18H17NO4. The molecule has 3 rings (SSSR count). The third-order valence-electron chi connectivity index (χ3n) is 4.06. The van der Waals surface area contributed by atoms with Gasteiger partial charge in [-0.15, -0.1) is 0 Å². The number of ether oxygens (including phenoxy) is 1. The first kappa shape index (κ1) is 15.1. The third-order valence-corrected chi connectivity index (χ3v) is 4.06. The molecule has 5 nitrogen and oxygen atoms in total. The highest BCUT2D eigenvalue weighted by Gasteiger charge is 2.29. The van der Waals surface area contributed by atoms with E-state index < -0.39 is 12.1 Å². The zero-order valence-corrected chi connectivity index (χ0v) is 12.7. The lowest BCUT2D eigenvalue weighted by molar-refractivity contribution is -0.136. The number of hydrogen-bond donors (Lipinski definition) is 2. The van der Waals surface area contributed by atoms with Crippen molar-refractivity contribution in [1.29, 1.82) is 0 Å². The number of carboxylic acid groups (broad SMARTS) is 1. The van der Waals surface area contributed by atoms with Gasteiger partial charge in [0.1, 0.15) is 6.61 Å². The summed E-state index contributed by atoms with van der Waals surface area (Å²) in [7, 11) is 1.52. The lowest BCUT2D eigenvalue weighted by atomic mass is 9.96. The van der Waals surface area contributed by atoms with Crippen LogP contribution in [0, 0.1) is 0 Å². The van der Waals surface area contributed by atoms with Gasteiger partial charge in [-0.25, -0.2) is 4.79 Å². The van der Waals surface area contributed by atoms with E-state index in [-0.39, 0.29) is 18.9 Å². The van der Waals surface area contributed by atoms with Gasteiger partial charge in [-0.1, -0.05) is 42.5 Å². The Morgan fingerprint density at radius 1 is 1.13 bits per heavy atom. The molecule has 0 saturated heterocycles. The van der Waals surface area contributed by atoms with Crippen molar-refractivity contribution in [2.24, 2.45) is 0 Å². The molecule has 0 aliphatic heterocycles. The predicted octanol–water partition coefficient (Wildman–Crippen LogP) is 2.78. The zero-order valence-electron chi connectivity index (χ0n) is 12.7. The number of carbonyl (C=O) groups excluding carboxylic acids is 1. The topological polar surface area (TPSA) is 75.6 Å². The molecule has 0 radical (unpaired) electrons. The fourth-order valence-corrected chi connectivity index (χ4v) is 3.05. The van der Waals surface area contributed by atoms with Crippen LogP contribution in [0.1, 0.15) is 22.6 Å². The fourth-order valence-electron chi connectivity index (χ4n) is 3.05. The van der Waals surface area contributed by atoms with Crippen LogP contribution in [0.3, 0.4) is 0 Å². The Balaban J connectivity index is 1.99. The SMILES string of the molecule is CNC(=O)OCC1c2ccccc2-c2ccc(CC(=O)O)cc21. The molecule has 0 spiro atoms. The molecule has 0 heterocycles. The molecular weight excluding hydrogens is 294 g/mol. The van der Waals surface area contributed by atoms with Gasteiger partial charge in [-0.2, -0.15) is 0 Å². The van der Waals surface area contributed by atoms with Gasteiger partial charge in [0.25, 0.3) is 0 Å². The quantitative estimate of drug-likeness (QED) is 0.910. The first-order valence-electron chi connectivity index (χ1n) is 7.38. The first-order valence-corrected chi connectivity index (χ1v) is 7.38. The minimum atomic E-state index is -0.862. The van der Waals surface area contributed by atoms with Gasteiger partial charge in [0.05, 0.1) is 6.42 Å². The number of benzene rings is 2. The maximum absolute atomic E-state index is 11.4. The molecule has 2 aromatic rings. The average Bonchev–Trinajstić information content (AvgIpc) is 2.85. The highest BCUT2D eigenvalue weighted by atomic mass is 16.5. The molecule has 118 valence electrons. The zero-order chi connectivity index (χ0) is 16.4. The molecule has 0 bridgehead atoms. The smallest absolute Gasteiger partial charge is 0.406 e. The van der Waals surface area contributed by atoms with Gasteiger partial charge in [0.15, 0.2) is 0 Å². The molecule has 0 aromatic heterocycles. The van der Waals surface area contributed by atoms with Crippen molar-refractivity contribution >= 4 is 12.1 Å². The van der Waals surface area contributed by atoms with E-state index in [0.717, 1.165) is 27.8 Å². The Kier molecular flexibility index (Phi) is 4.02. The summed E-state index contributed by atoms with van der Waals surface area (Å²) in [6.45, 7) is 0.222. The second kappa shape index (κ2) is 6.12. The van der Waals surface area contributed by atoms with Crippen LogP contribution in [0.15, 0.2) is 42.5 Å². The van der Waals surface area contributed by atoms with Gasteiger partial charge < -0.3 is 15.2 Å². The van der Waals surface area contributed by atoms with Crippen LogP contribution in [-0.2, 0) is 16.0 Å². The molecule has 0 fully saturated rings. The molecule has 2 N–H and O–H groups in total. The standard InChI is InChI=1S/C18H17NO4/c1-19-18(22)23-10-16-13-5-3-2-4-12(13)14-7-6-11(8-15(14)16)9-17(20)21/h2-8,16H,9-10H2,1H3,(H,19,22)(H,20,21). The van der Waals surface area contributed by atoms with E-state index >= 15 is 0 Å². The van der Waals surface area contributed by atoms with Crippen LogP contribution in [0.25, 0.3) is 11.1 Å². The Morgan fingerprint density at radius 3 is 2.61 bits per heavy atom. The minimum absolute atomic E-state index is 0.0212. The van der Waals surface area contributed by atoms with E-state index in [4.69, 9.17) is 9.84 Å². The molecule has 1 amide bonds. The molecule has 23 heavy (non-hydrogen) atoms. The fraction of sp³-hybridized carbons (Fsp3) is 0.222. The van der Waals surface area contributed by atoms with Crippen molar-refractivity contribution in [1.82, 2.24) is 5.32 Å². The van der Waals surface area contributed by atoms with Crippen molar-refractivity contribution < 1.29 is 19.4 Å². The predicted molar refractivity (Wildman–Crippen MR) is 85.5 cm³/mol. The molecule has 2 aromatic carbocycles. The number of amides is 1. The summed E-state index contributed by atoms with van der Waals surface area (Å²) < 4.78 is 5.24. The molecule has 0 saturated carbocycles. The molecule has 1 aliphatic rings. The van der Waals surface area contributed by atoms with Gasteiger partial charge in [0.2, 0.25) is 0 Å². The molecule has 1 aliphatic carbocycles. The number of fused-ring (bicyclic) bond motifs is 3. The van der Waals surface area contributed by atoms with E-state index in [1.165, 1.54) is 7.05 Å². The minimum Gasteiger partial charge on any atom is -0.481 e. The third kappa shape index (κ3) is 2.90. The first-order chi connectivity index (χ1) is 11.1. The summed E-state index contributed by atoms with van der Waals surface area (Å²) in [4.78, 5) is 22.3. The number of nitrogens with one attached hydrogen (secondary N) is 1. The van der Waals surface area contributed by atoms with Crippen LogP contribution >= 0.6 is 0 Å². The second-order valence-electron chi connectivity index (χ2n) is 5.48. The van der Waals surface area contributed by atoms with Gasteiger partial charge in [0, 0.05) is 13.0 Å². The highest BCUT2D eigenvalue weighted by molar-refractivity contribution is 5.80. The van der Waals surface area contributed by atoms with Crippen LogP contribution in [-0.4, -0.2) is 30.8 Å². The lowest BCUT2D eigenvalue weighted by Crippen LogP contribution is -2.22. The maximum atomic E-state index is 11.4. The van der Waals surface area contributed by atoms with Gasteiger partial charge in [-0.05, 0) is 27.8 Å². The lowest BCUT2D eigenvalue weighted by Gasteiger charge is -2.14. The maximum Gasteiger partial charge on any atom is 0.406 e. The van der Waals surface area contributed by atoms with Gasteiger partial charge in [-0.3, -0.25) is 4.79 Å². The summed E-state index contributed by atoms with van der Waals surface area (Å²) in [5.41, 5.74) is 5.02. The molecule has 5 heteroatoms. The highest BCUT2D eigenvalue weighted by Crippen LogP contribution is 2.45. The van der Waals surface area contributed by atoms with Crippen molar-refractivity contribution in [2.45, 2.75) is 12.3 Å². The van der Waals surface area contributed by atoms with Gasteiger partial charge >= 0.3 is 12.1 Å².